The Balaban J connectivity index is 2.02. The van der Waals surface area contributed by atoms with Crippen molar-refractivity contribution in [3.8, 4) is 22.8 Å². The van der Waals surface area contributed by atoms with Crippen molar-refractivity contribution in [2.45, 2.75) is 13.8 Å². The van der Waals surface area contributed by atoms with Gasteiger partial charge >= 0.3 is 0 Å². The van der Waals surface area contributed by atoms with Gasteiger partial charge in [0.05, 0.1) is 25.6 Å². The van der Waals surface area contributed by atoms with Gasteiger partial charge in [-0.3, -0.25) is 9.69 Å². The highest BCUT2D eigenvalue weighted by Gasteiger charge is 2.22. The molecule has 0 unspecified atom stereocenters. The van der Waals surface area contributed by atoms with E-state index < -0.39 is 0 Å². The van der Waals surface area contributed by atoms with Gasteiger partial charge in [-0.05, 0) is 19.1 Å². The normalized spacial score (nSPS) is 10.5. The van der Waals surface area contributed by atoms with Crippen LogP contribution >= 0.6 is 11.3 Å². The first kappa shape index (κ1) is 17.9. The van der Waals surface area contributed by atoms with Crippen LogP contribution in [0.3, 0.4) is 0 Å². The number of nitrogens with zero attached hydrogens (tertiary/aromatic N) is 2. The van der Waals surface area contributed by atoms with Gasteiger partial charge in [0.15, 0.2) is 5.13 Å². The summed E-state index contributed by atoms with van der Waals surface area (Å²) in [5.41, 5.74) is 3.68. The van der Waals surface area contributed by atoms with E-state index in [9.17, 15) is 4.79 Å². The van der Waals surface area contributed by atoms with Crippen LogP contribution in [0.4, 0.5) is 10.8 Å². The fraction of sp³-hybridized carbons (Fsp3) is 0.200. The number of amides is 1. The Labute approximate surface area is 156 Å². The number of rotatable bonds is 5. The first-order valence-electron chi connectivity index (χ1n) is 8.08. The average molecular weight is 368 g/mol. The lowest BCUT2D eigenvalue weighted by molar-refractivity contribution is -0.115. The Morgan fingerprint density at radius 1 is 1.08 bits per heavy atom. The van der Waals surface area contributed by atoms with Crippen LogP contribution in [0.1, 0.15) is 12.5 Å². The van der Waals surface area contributed by atoms with Crippen LogP contribution in [-0.4, -0.2) is 25.1 Å². The molecule has 0 radical (unpaired) electrons. The summed E-state index contributed by atoms with van der Waals surface area (Å²) in [6.07, 6.45) is 0. The van der Waals surface area contributed by atoms with Crippen LogP contribution in [0.2, 0.25) is 0 Å². The van der Waals surface area contributed by atoms with E-state index in [4.69, 9.17) is 9.47 Å². The summed E-state index contributed by atoms with van der Waals surface area (Å²) in [6.45, 7) is 3.56. The minimum Gasteiger partial charge on any atom is -0.497 e. The third-order valence-corrected chi connectivity index (χ3v) is 4.80. The minimum atomic E-state index is -0.140. The predicted molar refractivity (Wildman–Crippen MR) is 105 cm³/mol. The lowest BCUT2D eigenvalue weighted by Gasteiger charge is -2.21. The van der Waals surface area contributed by atoms with Crippen LogP contribution in [-0.2, 0) is 4.79 Å². The van der Waals surface area contributed by atoms with Crippen molar-refractivity contribution in [3.05, 3.63) is 53.4 Å². The van der Waals surface area contributed by atoms with Crippen molar-refractivity contribution in [3.63, 3.8) is 0 Å². The second-order valence-electron chi connectivity index (χ2n) is 5.77. The fourth-order valence-electron chi connectivity index (χ4n) is 2.60. The summed E-state index contributed by atoms with van der Waals surface area (Å²) < 4.78 is 10.7. The highest BCUT2D eigenvalue weighted by Crippen LogP contribution is 2.39. The number of hydrogen-bond donors (Lipinski definition) is 0. The summed E-state index contributed by atoms with van der Waals surface area (Å²) in [5.74, 6) is 1.07. The Bertz CT molecular complexity index is 919. The highest BCUT2D eigenvalue weighted by atomic mass is 32.1. The molecule has 0 saturated carbocycles. The molecular weight excluding hydrogens is 348 g/mol. The van der Waals surface area contributed by atoms with Crippen molar-refractivity contribution >= 4 is 28.1 Å². The number of aryl methyl sites for hydroxylation is 1. The molecule has 0 aliphatic rings. The zero-order valence-electron chi connectivity index (χ0n) is 15.1. The molecule has 1 aromatic heterocycles. The third-order valence-electron chi connectivity index (χ3n) is 3.97. The van der Waals surface area contributed by atoms with Crippen LogP contribution < -0.4 is 14.4 Å². The van der Waals surface area contributed by atoms with Gasteiger partial charge < -0.3 is 9.47 Å². The predicted octanol–water partition coefficient (Wildman–Crippen LogP) is 4.82. The molecule has 0 fully saturated rings. The molecule has 1 heterocycles. The van der Waals surface area contributed by atoms with Crippen LogP contribution in [0.25, 0.3) is 11.3 Å². The molecule has 6 heteroatoms. The molecule has 134 valence electrons. The van der Waals surface area contributed by atoms with Gasteiger partial charge in [0, 0.05) is 23.9 Å². The van der Waals surface area contributed by atoms with Gasteiger partial charge in [-0.15, -0.1) is 11.3 Å². The molecule has 0 N–H and O–H groups in total. The summed E-state index contributed by atoms with van der Waals surface area (Å²) in [5, 5.41) is 2.54. The van der Waals surface area contributed by atoms with E-state index in [-0.39, 0.29) is 5.91 Å². The number of anilines is 2. The fourth-order valence-corrected chi connectivity index (χ4v) is 3.49. The largest absolute Gasteiger partial charge is 0.497 e. The van der Waals surface area contributed by atoms with Gasteiger partial charge in [0.25, 0.3) is 0 Å². The van der Waals surface area contributed by atoms with E-state index in [0.29, 0.717) is 22.3 Å². The molecule has 3 aromatic rings. The number of methoxy groups -OCH3 is 2. The van der Waals surface area contributed by atoms with E-state index >= 15 is 0 Å². The van der Waals surface area contributed by atoms with Crippen LogP contribution in [0, 0.1) is 6.92 Å². The monoisotopic (exact) mass is 368 g/mol. The standard InChI is InChI=1S/C20H20N2O3S/c1-13-5-7-15(8-6-13)17-12-26-20(21-17)22(14(2)23)18-10-9-16(24-3)11-19(18)25-4/h5-12H,1-4H3. The topological polar surface area (TPSA) is 51.7 Å². The molecule has 0 saturated heterocycles. The third kappa shape index (κ3) is 3.55. The molecule has 3 rings (SSSR count). The molecule has 0 aliphatic heterocycles. The van der Waals surface area contributed by atoms with E-state index in [1.165, 1.54) is 23.8 Å². The number of benzene rings is 2. The lowest BCUT2D eigenvalue weighted by Crippen LogP contribution is -2.23. The summed E-state index contributed by atoms with van der Waals surface area (Å²) in [7, 11) is 3.15. The Hall–Kier alpha value is -2.86. The second kappa shape index (κ2) is 7.58. The quantitative estimate of drug-likeness (QED) is 0.648. The van der Waals surface area contributed by atoms with E-state index in [2.05, 4.69) is 4.98 Å². The molecule has 0 atom stereocenters. The van der Waals surface area contributed by atoms with E-state index in [1.54, 1.807) is 37.3 Å². The van der Waals surface area contributed by atoms with Crippen molar-refractivity contribution in [2.24, 2.45) is 0 Å². The maximum absolute atomic E-state index is 12.4. The van der Waals surface area contributed by atoms with Crippen LogP contribution in [0.15, 0.2) is 47.8 Å². The van der Waals surface area contributed by atoms with Crippen molar-refractivity contribution < 1.29 is 14.3 Å². The highest BCUT2D eigenvalue weighted by molar-refractivity contribution is 7.14. The second-order valence-corrected chi connectivity index (χ2v) is 6.61. The SMILES string of the molecule is COc1ccc(N(C(C)=O)c2nc(-c3ccc(C)cc3)cs2)c(OC)c1. The maximum Gasteiger partial charge on any atom is 0.230 e. The molecular formula is C20H20N2O3S. The van der Waals surface area contributed by atoms with Crippen molar-refractivity contribution in [1.29, 1.82) is 0 Å². The maximum atomic E-state index is 12.4. The molecule has 0 bridgehead atoms. The Kier molecular flexibility index (Phi) is 5.23. The van der Waals surface area contributed by atoms with Crippen molar-refractivity contribution in [1.82, 2.24) is 4.98 Å². The van der Waals surface area contributed by atoms with E-state index in [0.717, 1.165) is 11.3 Å². The van der Waals surface area contributed by atoms with Gasteiger partial charge in [-0.25, -0.2) is 4.98 Å². The molecule has 5 nitrogen and oxygen atoms in total. The van der Waals surface area contributed by atoms with Gasteiger partial charge in [-0.2, -0.15) is 0 Å². The first-order valence-corrected chi connectivity index (χ1v) is 8.96. The van der Waals surface area contributed by atoms with Gasteiger partial charge in [0.1, 0.15) is 11.5 Å². The smallest absolute Gasteiger partial charge is 0.230 e. The average Bonchev–Trinajstić information content (AvgIpc) is 3.12. The molecule has 1 amide bonds. The van der Waals surface area contributed by atoms with Gasteiger partial charge in [-0.1, -0.05) is 29.8 Å². The minimum absolute atomic E-state index is 0.140. The Morgan fingerprint density at radius 2 is 1.81 bits per heavy atom. The van der Waals surface area contributed by atoms with E-state index in [1.807, 2.05) is 36.6 Å². The van der Waals surface area contributed by atoms with Gasteiger partial charge in [0.2, 0.25) is 5.91 Å². The number of aromatic nitrogens is 1. The molecule has 0 spiro atoms. The molecule has 26 heavy (non-hydrogen) atoms. The zero-order chi connectivity index (χ0) is 18.7. The number of carbonyl (C=O) groups is 1. The molecule has 0 aliphatic carbocycles. The Morgan fingerprint density at radius 3 is 2.42 bits per heavy atom. The summed E-state index contributed by atoms with van der Waals surface area (Å²) in [4.78, 5) is 18.6. The first-order chi connectivity index (χ1) is 12.5. The summed E-state index contributed by atoms with van der Waals surface area (Å²) >= 11 is 1.42. The summed E-state index contributed by atoms with van der Waals surface area (Å²) in [6, 6.07) is 13.5. The number of thiazole rings is 1. The van der Waals surface area contributed by atoms with Crippen molar-refractivity contribution in [2.75, 3.05) is 19.1 Å². The lowest BCUT2D eigenvalue weighted by atomic mass is 10.1. The number of hydrogen-bond acceptors (Lipinski definition) is 5. The number of carbonyl (C=O) groups excluding carboxylic acids is 1. The van der Waals surface area contributed by atoms with Crippen LogP contribution in [0.5, 0.6) is 11.5 Å². The zero-order valence-corrected chi connectivity index (χ0v) is 16.0. The number of ether oxygens (including phenoxy) is 2. The molecule has 2 aromatic carbocycles.